The minimum absolute atomic E-state index is 0.0219. The number of hydrogen-bond donors (Lipinski definition) is 1. The standard InChI is InChI=1S/C11H11BrN4O2/c12-7-1-6(2-14-3-7)10-15-11(18-16-10)8-4-17-5-9(8)13/h1-3,8-9H,4-5,13H2. The highest BCUT2D eigenvalue weighted by Crippen LogP contribution is 2.26. The molecule has 1 saturated heterocycles. The molecule has 3 rings (SSSR count). The van der Waals surface area contributed by atoms with E-state index in [4.69, 9.17) is 15.0 Å². The molecule has 0 bridgehead atoms. The maximum absolute atomic E-state index is 5.91. The Morgan fingerprint density at radius 3 is 2.94 bits per heavy atom. The van der Waals surface area contributed by atoms with Gasteiger partial charge in [0.15, 0.2) is 0 Å². The first-order valence-electron chi connectivity index (χ1n) is 5.52. The normalized spacial score (nSPS) is 23.4. The van der Waals surface area contributed by atoms with Gasteiger partial charge in [-0.1, -0.05) is 5.16 Å². The van der Waals surface area contributed by atoms with Gasteiger partial charge in [-0.05, 0) is 22.0 Å². The zero-order valence-corrected chi connectivity index (χ0v) is 11.0. The average Bonchev–Trinajstić information content (AvgIpc) is 2.97. The van der Waals surface area contributed by atoms with Crippen molar-refractivity contribution >= 4 is 15.9 Å². The Labute approximate surface area is 112 Å². The van der Waals surface area contributed by atoms with E-state index in [0.29, 0.717) is 24.9 Å². The van der Waals surface area contributed by atoms with Gasteiger partial charge in [-0.2, -0.15) is 4.98 Å². The van der Waals surface area contributed by atoms with Crippen LogP contribution in [0.25, 0.3) is 11.4 Å². The van der Waals surface area contributed by atoms with E-state index in [-0.39, 0.29) is 12.0 Å². The van der Waals surface area contributed by atoms with Gasteiger partial charge in [0.25, 0.3) is 0 Å². The van der Waals surface area contributed by atoms with Crippen LogP contribution in [-0.2, 0) is 4.74 Å². The predicted molar refractivity (Wildman–Crippen MR) is 66.8 cm³/mol. The van der Waals surface area contributed by atoms with Crippen molar-refractivity contribution in [2.75, 3.05) is 13.2 Å². The van der Waals surface area contributed by atoms with Crippen LogP contribution < -0.4 is 5.73 Å². The number of rotatable bonds is 2. The van der Waals surface area contributed by atoms with Crippen LogP contribution in [0.15, 0.2) is 27.5 Å². The summed E-state index contributed by atoms with van der Waals surface area (Å²) in [4.78, 5) is 8.42. The quantitative estimate of drug-likeness (QED) is 0.900. The second-order valence-electron chi connectivity index (χ2n) is 4.16. The third-order valence-corrected chi connectivity index (χ3v) is 3.28. The molecule has 2 atom stereocenters. The lowest BCUT2D eigenvalue weighted by atomic mass is 10.1. The fourth-order valence-corrected chi connectivity index (χ4v) is 2.23. The molecule has 3 heterocycles. The molecule has 0 amide bonds. The molecule has 0 spiro atoms. The van der Waals surface area contributed by atoms with Crippen LogP contribution in [-0.4, -0.2) is 34.4 Å². The Hall–Kier alpha value is -1.31. The first kappa shape index (κ1) is 11.8. The third-order valence-electron chi connectivity index (χ3n) is 2.85. The van der Waals surface area contributed by atoms with E-state index in [0.717, 1.165) is 10.0 Å². The second-order valence-corrected chi connectivity index (χ2v) is 5.07. The molecule has 6 nitrogen and oxygen atoms in total. The number of nitrogens with two attached hydrogens (primary N) is 1. The molecule has 1 fully saturated rings. The molecule has 0 radical (unpaired) electrons. The minimum Gasteiger partial charge on any atom is -0.379 e. The second kappa shape index (κ2) is 4.75. The summed E-state index contributed by atoms with van der Waals surface area (Å²) in [6.07, 6.45) is 3.38. The summed E-state index contributed by atoms with van der Waals surface area (Å²) in [6.45, 7) is 1.06. The Morgan fingerprint density at radius 2 is 2.22 bits per heavy atom. The van der Waals surface area contributed by atoms with E-state index < -0.39 is 0 Å². The van der Waals surface area contributed by atoms with Gasteiger partial charge in [-0.15, -0.1) is 0 Å². The molecule has 0 aromatic carbocycles. The van der Waals surface area contributed by atoms with Crippen molar-refractivity contribution in [1.29, 1.82) is 0 Å². The number of ether oxygens (including phenoxy) is 1. The molecule has 94 valence electrons. The first-order chi connectivity index (χ1) is 8.74. The van der Waals surface area contributed by atoms with Gasteiger partial charge in [-0.3, -0.25) is 4.98 Å². The first-order valence-corrected chi connectivity index (χ1v) is 6.31. The molecular formula is C11H11BrN4O2. The van der Waals surface area contributed by atoms with Crippen molar-refractivity contribution in [3.63, 3.8) is 0 Å². The maximum Gasteiger partial charge on any atom is 0.234 e. The summed E-state index contributed by atoms with van der Waals surface area (Å²) < 4.78 is 11.4. The van der Waals surface area contributed by atoms with Crippen molar-refractivity contribution in [3.05, 3.63) is 28.8 Å². The van der Waals surface area contributed by atoms with E-state index in [1.165, 1.54) is 0 Å². The Bertz CT molecular complexity index is 559. The van der Waals surface area contributed by atoms with Gasteiger partial charge >= 0.3 is 0 Å². The van der Waals surface area contributed by atoms with Gasteiger partial charge in [0.05, 0.1) is 19.1 Å². The van der Waals surface area contributed by atoms with E-state index in [1.54, 1.807) is 12.4 Å². The SMILES string of the molecule is NC1COCC1c1nc(-c2cncc(Br)c2)no1. The van der Waals surface area contributed by atoms with Crippen molar-refractivity contribution < 1.29 is 9.26 Å². The number of aromatic nitrogens is 3. The summed E-state index contributed by atoms with van der Waals surface area (Å²) in [7, 11) is 0. The van der Waals surface area contributed by atoms with E-state index >= 15 is 0 Å². The topological polar surface area (TPSA) is 87.1 Å². The number of hydrogen-bond acceptors (Lipinski definition) is 6. The summed E-state index contributed by atoms with van der Waals surface area (Å²) in [6, 6.07) is 1.80. The van der Waals surface area contributed by atoms with Crippen LogP contribution in [0.5, 0.6) is 0 Å². The largest absolute Gasteiger partial charge is 0.379 e. The van der Waals surface area contributed by atoms with E-state index in [2.05, 4.69) is 31.1 Å². The Morgan fingerprint density at radius 1 is 1.33 bits per heavy atom. The molecule has 0 aliphatic carbocycles. The Balaban J connectivity index is 1.89. The molecule has 0 saturated carbocycles. The number of halogens is 1. The molecule has 1 aliphatic rings. The summed E-state index contributed by atoms with van der Waals surface area (Å²) in [5, 5.41) is 3.95. The smallest absolute Gasteiger partial charge is 0.234 e. The lowest BCUT2D eigenvalue weighted by Crippen LogP contribution is -2.26. The van der Waals surface area contributed by atoms with Crippen LogP contribution in [0.3, 0.4) is 0 Å². The number of nitrogens with zero attached hydrogens (tertiary/aromatic N) is 3. The lowest BCUT2D eigenvalue weighted by Gasteiger charge is -2.06. The maximum atomic E-state index is 5.91. The zero-order valence-electron chi connectivity index (χ0n) is 9.41. The van der Waals surface area contributed by atoms with Crippen molar-refractivity contribution in [2.45, 2.75) is 12.0 Å². The minimum atomic E-state index is -0.0843. The van der Waals surface area contributed by atoms with E-state index in [1.807, 2.05) is 6.07 Å². The van der Waals surface area contributed by atoms with Gasteiger partial charge in [0.1, 0.15) is 0 Å². The van der Waals surface area contributed by atoms with Crippen molar-refractivity contribution in [2.24, 2.45) is 5.73 Å². The average molecular weight is 311 g/mol. The molecule has 7 heteroatoms. The zero-order chi connectivity index (χ0) is 12.5. The molecule has 2 aromatic heterocycles. The van der Waals surface area contributed by atoms with Crippen LogP contribution in [0.2, 0.25) is 0 Å². The van der Waals surface area contributed by atoms with Crippen LogP contribution in [0.1, 0.15) is 11.8 Å². The Kier molecular flexibility index (Phi) is 3.11. The van der Waals surface area contributed by atoms with E-state index in [9.17, 15) is 0 Å². The molecule has 2 N–H and O–H groups in total. The third kappa shape index (κ3) is 2.16. The summed E-state index contributed by atoms with van der Waals surface area (Å²) in [5.74, 6) is 1.01. The van der Waals surface area contributed by atoms with Gasteiger partial charge in [-0.25, -0.2) is 0 Å². The summed E-state index contributed by atoms with van der Waals surface area (Å²) >= 11 is 3.35. The predicted octanol–water partition coefficient (Wildman–Crippen LogP) is 1.34. The van der Waals surface area contributed by atoms with Gasteiger partial charge in [0.2, 0.25) is 11.7 Å². The fourth-order valence-electron chi connectivity index (χ4n) is 1.86. The molecule has 1 aliphatic heterocycles. The van der Waals surface area contributed by atoms with Crippen molar-refractivity contribution in [3.8, 4) is 11.4 Å². The number of pyridine rings is 1. The van der Waals surface area contributed by atoms with Crippen LogP contribution >= 0.6 is 15.9 Å². The van der Waals surface area contributed by atoms with Gasteiger partial charge < -0.3 is 15.0 Å². The van der Waals surface area contributed by atoms with Crippen LogP contribution in [0, 0.1) is 0 Å². The molecule has 18 heavy (non-hydrogen) atoms. The van der Waals surface area contributed by atoms with Gasteiger partial charge in [0, 0.05) is 28.5 Å². The highest BCUT2D eigenvalue weighted by atomic mass is 79.9. The highest BCUT2D eigenvalue weighted by Gasteiger charge is 2.31. The fraction of sp³-hybridized carbons (Fsp3) is 0.364. The highest BCUT2D eigenvalue weighted by molar-refractivity contribution is 9.10. The summed E-state index contributed by atoms with van der Waals surface area (Å²) in [5.41, 5.74) is 6.71. The monoisotopic (exact) mass is 310 g/mol. The van der Waals surface area contributed by atoms with Crippen LogP contribution in [0.4, 0.5) is 0 Å². The molecule has 2 unspecified atom stereocenters. The van der Waals surface area contributed by atoms with Crippen molar-refractivity contribution in [1.82, 2.24) is 15.1 Å². The molecule has 2 aromatic rings. The lowest BCUT2D eigenvalue weighted by molar-refractivity contribution is 0.187. The molecular weight excluding hydrogens is 300 g/mol.